The molecule has 7 heteroatoms. The normalized spacial score (nSPS) is 12.8. The second-order valence-electron chi connectivity index (χ2n) is 3.53. The van der Waals surface area contributed by atoms with Crippen LogP contribution < -0.4 is 10.1 Å². The lowest BCUT2D eigenvalue weighted by atomic mass is 10.1. The highest BCUT2D eigenvalue weighted by atomic mass is 19.4. The second kappa shape index (κ2) is 6.21. The Morgan fingerprint density at radius 1 is 1.56 bits per heavy atom. The summed E-state index contributed by atoms with van der Waals surface area (Å²) in [6, 6.07) is 4.57. The van der Waals surface area contributed by atoms with Gasteiger partial charge < -0.3 is 10.1 Å². The average Bonchev–Trinajstić information content (AvgIpc) is 2.33. The summed E-state index contributed by atoms with van der Waals surface area (Å²) < 4.78 is 41.8. The first-order chi connectivity index (χ1) is 8.49. The lowest BCUT2D eigenvalue weighted by Gasteiger charge is -2.14. The molecule has 0 saturated carbocycles. The third kappa shape index (κ3) is 3.89. The van der Waals surface area contributed by atoms with Crippen molar-refractivity contribution in [1.82, 2.24) is 10.3 Å². The molecular weight excluding hydrogens is 247 g/mol. The molecule has 0 amide bonds. The first-order valence-electron chi connectivity index (χ1n) is 5.14. The van der Waals surface area contributed by atoms with E-state index in [1.165, 1.54) is 19.4 Å². The van der Waals surface area contributed by atoms with Crippen LogP contribution in [0.5, 0.6) is 5.88 Å². The van der Waals surface area contributed by atoms with Crippen molar-refractivity contribution in [3.63, 3.8) is 0 Å². The fraction of sp³-hybridized carbons (Fsp3) is 0.455. The molecule has 18 heavy (non-hydrogen) atoms. The van der Waals surface area contributed by atoms with Crippen molar-refractivity contribution in [3.05, 3.63) is 23.9 Å². The summed E-state index contributed by atoms with van der Waals surface area (Å²) >= 11 is 0. The Kier molecular flexibility index (Phi) is 4.92. The summed E-state index contributed by atoms with van der Waals surface area (Å²) in [6.45, 7) is -0.302. The maximum atomic E-state index is 12.3. The number of nitriles is 1. The fourth-order valence-corrected chi connectivity index (χ4v) is 1.33. The lowest BCUT2D eigenvalue weighted by molar-refractivity contribution is -0.157. The Morgan fingerprint density at radius 3 is 2.83 bits per heavy atom. The van der Waals surface area contributed by atoms with E-state index in [1.807, 2.05) is 0 Å². The van der Waals surface area contributed by atoms with Gasteiger partial charge in [-0.1, -0.05) is 6.07 Å². The molecule has 98 valence electrons. The molecule has 1 aromatic heterocycles. The molecule has 1 unspecified atom stereocenters. The molecule has 1 heterocycles. The number of nitrogens with one attached hydrogen (secondary N) is 1. The van der Waals surface area contributed by atoms with Crippen molar-refractivity contribution in [2.45, 2.75) is 12.7 Å². The minimum atomic E-state index is -4.51. The number of nitrogens with zero attached hydrogens (tertiary/aromatic N) is 2. The van der Waals surface area contributed by atoms with E-state index in [9.17, 15) is 13.2 Å². The van der Waals surface area contributed by atoms with E-state index in [1.54, 1.807) is 12.1 Å². The van der Waals surface area contributed by atoms with Crippen molar-refractivity contribution in [2.24, 2.45) is 5.92 Å². The van der Waals surface area contributed by atoms with E-state index < -0.39 is 18.6 Å². The third-order valence-electron chi connectivity index (χ3n) is 2.26. The standard InChI is InChI=1S/C11H12F3N3O/c1-18-10-8(3-2-4-17-10)6-16-7-9(5-15)11(12,13)14/h2-4,9,16H,6-7H2,1H3. The number of hydrogen-bond acceptors (Lipinski definition) is 4. The van der Waals surface area contributed by atoms with Gasteiger partial charge >= 0.3 is 6.18 Å². The number of aromatic nitrogens is 1. The van der Waals surface area contributed by atoms with Gasteiger partial charge in [0.2, 0.25) is 5.88 Å². The smallest absolute Gasteiger partial charge is 0.405 e. The van der Waals surface area contributed by atoms with Crippen LogP contribution in [-0.2, 0) is 6.54 Å². The molecule has 0 aromatic carbocycles. The zero-order valence-corrected chi connectivity index (χ0v) is 9.66. The van der Waals surface area contributed by atoms with Gasteiger partial charge in [-0.05, 0) is 6.07 Å². The lowest BCUT2D eigenvalue weighted by Crippen LogP contribution is -2.32. The van der Waals surface area contributed by atoms with Crippen LogP contribution in [-0.4, -0.2) is 24.8 Å². The summed E-state index contributed by atoms with van der Waals surface area (Å²) in [4.78, 5) is 3.91. The minimum Gasteiger partial charge on any atom is -0.481 e. The Bertz CT molecular complexity index is 428. The predicted octanol–water partition coefficient (Wildman–Crippen LogP) is 1.88. The van der Waals surface area contributed by atoms with Crippen molar-refractivity contribution >= 4 is 0 Å². The third-order valence-corrected chi connectivity index (χ3v) is 2.26. The van der Waals surface area contributed by atoms with Crippen LogP contribution in [0.15, 0.2) is 18.3 Å². The van der Waals surface area contributed by atoms with E-state index in [0.717, 1.165) is 0 Å². The number of methoxy groups -OCH3 is 1. The van der Waals surface area contributed by atoms with Crippen LogP contribution in [0.2, 0.25) is 0 Å². The minimum absolute atomic E-state index is 0.158. The first kappa shape index (κ1) is 14.3. The van der Waals surface area contributed by atoms with E-state index >= 15 is 0 Å². The molecule has 1 N–H and O–H groups in total. The Morgan fingerprint density at radius 2 is 2.28 bits per heavy atom. The quantitative estimate of drug-likeness (QED) is 0.877. The predicted molar refractivity (Wildman–Crippen MR) is 57.7 cm³/mol. The molecule has 0 saturated heterocycles. The van der Waals surface area contributed by atoms with E-state index in [0.29, 0.717) is 11.4 Å². The molecule has 0 fully saturated rings. The van der Waals surface area contributed by atoms with Crippen molar-refractivity contribution in [3.8, 4) is 11.9 Å². The van der Waals surface area contributed by atoms with Gasteiger partial charge in [0, 0.05) is 24.8 Å². The SMILES string of the molecule is COc1ncccc1CNCC(C#N)C(F)(F)F. The average molecular weight is 259 g/mol. The van der Waals surface area contributed by atoms with Gasteiger partial charge in [0.05, 0.1) is 13.2 Å². The Hall–Kier alpha value is -1.81. The summed E-state index contributed by atoms with van der Waals surface area (Å²) in [5.74, 6) is -1.66. The van der Waals surface area contributed by atoms with Crippen LogP contribution >= 0.6 is 0 Å². The highest BCUT2D eigenvalue weighted by molar-refractivity contribution is 5.25. The Labute approximate surface area is 102 Å². The number of hydrogen-bond donors (Lipinski definition) is 1. The van der Waals surface area contributed by atoms with E-state index in [4.69, 9.17) is 10.00 Å². The van der Waals surface area contributed by atoms with E-state index in [2.05, 4.69) is 10.3 Å². The summed E-state index contributed by atoms with van der Waals surface area (Å²) in [6.07, 6.45) is -2.99. The molecule has 0 radical (unpaired) electrons. The number of alkyl halides is 3. The van der Waals surface area contributed by atoms with Crippen molar-refractivity contribution in [1.29, 1.82) is 5.26 Å². The Balaban J connectivity index is 2.54. The zero-order chi connectivity index (χ0) is 13.6. The van der Waals surface area contributed by atoms with Crippen LogP contribution in [0.25, 0.3) is 0 Å². The maximum Gasteiger partial charge on any atom is 0.405 e. The largest absolute Gasteiger partial charge is 0.481 e. The topological polar surface area (TPSA) is 57.9 Å². The zero-order valence-electron chi connectivity index (χ0n) is 9.66. The van der Waals surface area contributed by atoms with Gasteiger partial charge in [-0.15, -0.1) is 0 Å². The fourth-order valence-electron chi connectivity index (χ4n) is 1.33. The van der Waals surface area contributed by atoms with Crippen LogP contribution in [0.4, 0.5) is 13.2 Å². The molecule has 0 aliphatic rings. The number of ether oxygens (including phenoxy) is 1. The van der Waals surface area contributed by atoms with Gasteiger partial charge in [0.15, 0.2) is 5.92 Å². The van der Waals surface area contributed by atoms with Gasteiger partial charge in [-0.25, -0.2) is 4.98 Å². The first-order valence-corrected chi connectivity index (χ1v) is 5.14. The number of pyridine rings is 1. The molecule has 1 atom stereocenters. The molecular formula is C11H12F3N3O. The summed E-state index contributed by atoms with van der Waals surface area (Å²) in [7, 11) is 1.43. The second-order valence-corrected chi connectivity index (χ2v) is 3.53. The molecule has 4 nitrogen and oxygen atoms in total. The monoisotopic (exact) mass is 259 g/mol. The van der Waals surface area contributed by atoms with Gasteiger partial charge in [0.1, 0.15) is 0 Å². The van der Waals surface area contributed by atoms with Crippen LogP contribution in [0.1, 0.15) is 5.56 Å². The van der Waals surface area contributed by atoms with Crippen LogP contribution in [0.3, 0.4) is 0 Å². The van der Waals surface area contributed by atoms with Gasteiger partial charge in [-0.3, -0.25) is 0 Å². The van der Waals surface area contributed by atoms with E-state index in [-0.39, 0.29) is 6.54 Å². The maximum absolute atomic E-state index is 12.3. The van der Waals surface area contributed by atoms with Gasteiger partial charge in [-0.2, -0.15) is 18.4 Å². The molecule has 0 aliphatic heterocycles. The highest BCUT2D eigenvalue weighted by Gasteiger charge is 2.39. The number of rotatable bonds is 5. The molecule has 0 spiro atoms. The van der Waals surface area contributed by atoms with Gasteiger partial charge in [0.25, 0.3) is 0 Å². The molecule has 0 aliphatic carbocycles. The number of halogens is 3. The molecule has 1 aromatic rings. The summed E-state index contributed by atoms with van der Waals surface area (Å²) in [5, 5.41) is 11.0. The molecule has 0 bridgehead atoms. The van der Waals surface area contributed by atoms with Crippen molar-refractivity contribution < 1.29 is 17.9 Å². The summed E-state index contributed by atoms with van der Waals surface area (Å²) in [5.41, 5.74) is 0.638. The molecule has 1 rings (SSSR count). The van der Waals surface area contributed by atoms with Crippen molar-refractivity contribution in [2.75, 3.05) is 13.7 Å². The highest BCUT2D eigenvalue weighted by Crippen LogP contribution is 2.25. The van der Waals surface area contributed by atoms with Crippen LogP contribution in [0, 0.1) is 17.2 Å².